The number of halogens is 2. The van der Waals surface area contributed by atoms with Crippen LogP contribution in [0.25, 0.3) is 10.1 Å². The Morgan fingerprint density at radius 1 is 1.46 bits per heavy atom. The van der Waals surface area contributed by atoms with Crippen molar-refractivity contribution >= 4 is 68.2 Å². The van der Waals surface area contributed by atoms with Crippen molar-refractivity contribution in [3.05, 3.63) is 26.6 Å². The molecule has 0 aliphatic heterocycles. The quantitative estimate of drug-likeness (QED) is 0.440. The van der Waals surface area contributed by atoms with E-state index in [-0.39, 0.29) is 0 Å². The monoisotopic (exact) mass is 340 g/mol. The third-order valence-corrected chi connectivity index (χ3v) is 4.84. The van der Waals surface area contributed by atoms with E-state index in [0.717, 1.165) is 4.90 Å². The predicted octanol–water partition coefficient (Wildman–Crippen LogP) is 4.53. The molecule has 0 N–H and O–H groups in total. The molecule has 0 spiro atoms. The van der Waals surface area contributed by atoms with E-state index in [2.05, 4.69) is 52.7 Å². The summed E-state index contributed by atoms with van der Waals surface area (Å²) in [5.41, 5.74) is 1.22. The minimum absolute atomic E-state index is 0.585. The second-order valence-electron chi connectivity index (χ2n) is 2.69. The van der Waals surface area contributed by atoms with E-state index in [9.17, 15) is 0 Å². The van der Waals surface area contributed by atoms with E-state index in [1.165, 1.54) is 19.2 Å². The molecule has 0 unspecified atom stereocenters. The standard InChI is InChI=1S/C9H6ClIS2/c10-3-5-4-13-9-2-8(12)7(11)1-6(5)9/h1-2,4,12H,3H2. The lowest BCUT2D eigenvalue weighted by Crippen LogP contribution is -1.77. The molecule has 0 bridgehead atoms. The van der Waals surface area contributed by atoms with Gasteiger partial charge in [0, 0.05) is 19.0 Å². The van der Waals surface area contributed by atoms with Gasteiger partial charge in [0.05, 0.1) is 0 Å². The summed E-state index contributed by atoms with van der Waals surface area (Å²) >= 11 is 14.2. The van der Waals surface area contributed by atoms with Gasteiger partial charge in [0.2, 0.25) is 0 Å². The highest BCUT2D eigenvalue weighted by Crippen LogP contribution is 2.31. The third-order valence-electron chi connectivity index (χ3n) is 1.87. The highest BCUT2D eigenvalue weighted by Gasteiger charge is 2.05. The van der Waals surface area contributed by atoms with Crippen molar-refractivity contribution in [2.75, 3.05) is 0 Å². The largest absolute Gasteiger partial charge is 0.143 e. The fourth-order valence-corrected chi connectivity index (χ4v) is 3.24. The molecule has 0 aliphatic carbocycles. The Balaban J connectivity index is 2.77. The van der Waals surface area contributed by atoms with Crippen molar-refractivity contribution in [3.63, 3.8) is 0 Å². The van der Waals surface area contributed by atoms with Gasteiger partial charge >= 0.3 is 0 Å². The van der Waals surface area contributed by atoms with Crippen LogP contribution >= 0.6 is 58.2 Å². The Hall–Kier alpha value is 0.550. The molecule has 13 heavy (non-hydrogen) atoms. The van der Waals surface area contributed by atoms with Crippen LogP contribution in [0.5, 0.6) is 0 Å². The van der Waals surface area contributed by atoms with E-state index < -0.39 is 0 Å². The van der Waals surface area contributed by atoms with Crippen LogP contribution in [0.3, 0.4) is 0 Å². The fourth-order valence-electron chi connectivity index (χ4n) is 1.19. The zero-order valence-electron chi connectivity index (χ0n) is 6.55. The molecule has 0 atom stereocenters. The molecule has 1 aromatic heterocycles. The predicted molar refractivity (Wildman–Crippen MR) is 71.4 cm³/mol. The van der Waals surface area contributed by atoms with Gasteiger partial charge in [0.15, 0.2) is 0 Å². The molecule has 0 saturated carbocycles. The second kappa shape index (κ2) is 3.96. The van der Waals surface area contributed by atoms with Gasteiger partial charge in [-0.25, -0.2) is 0 Å². The van der Waals surface area contributed by atoms with Crippen molar-refractivity contribution in [2.45, 2.75) is 10.8 Å². The van der Waals surface area contributed by atoms with Crippen molar-refractivity contribution < 1.29 is 0 Å². The van der Waals surface area contributed by atoms with Gasteiger partial charge in [0.1, 0.15) is 0 Å². The Bertz CT molecular complexity index is 450. The van der Waals surface area contributed by atoms with Gasteiger partial charge in [-0.3, -0.25) is 0 Å². The zero-order chi connectivity index (χ0) is 9.42. The first-order valence-electron chi connectivity index (χ1n) is 3.67. The third kappa shape index (κ3) is 1.84. The van der Waals surface area contributed by atoms with Gasteiger partial charge in [-0.2, -0.15) is 0 Å². The van der Waals surface area contributed by atoms with Gasteiger partial charge in [0.25, 0.3) is 0 Å². The Morgan fingerprint density at radius 3 is 2.92 bits per heavy atom. The lowest BCUT2D eigenvalue weighted by atomic mass is 10.2. The van der Waals surface area contributed by atoms with E-state index in [0.29, 0.717) is 5.88 Å². The summed E-state index contributed by atoms with van der Waals surface area (Å²) in [6.07, 6.45) is 0. The molecule has 68 valence electrons. The normalized spacial score (nSPS) is 11.0. The SMILES string of the molecule is Sc1cc2scc(CCl)c2cc1I. The summed E-state index contributed by atoms with van der Waals surface area (Å²) in [7, 11) is 0. The van der Waals surface area contributed by atoms with Gasteiger partial charge in [-0.15, -0.1) is 35.6 Å². The molecule has 2 aromatic rings. The smallest absolute Gasteiger partial charge is 0.0488 e. The van der Waals surface area contributed by atoms with Crippen LogP contribution in [0.2, 0.25) is 0 Å². The van der Waals surface area contributed by atoms with E-state index in [1.54, 1.807) is 11.3 Å². The molecular formula is C9H6ClIS2. The summed E-state index contributed by atoms with van der Waals surface area (Å²) in [6, 6.07) is 4.24. The van der Waals surface area contributed by atoms with Crippen molar-refractivity contribution in [1.29, 1.82) is 0 Å². The first-order valence-corrected chi connectivity index (χ1v) is 6.61. The van der Waals surface area contributed by atoms with Crippen molar-refractivity contribution in [3.8, 4) is 0 Å². The molecule has 0 radical (unpaired) electrons. The number of thiol groups is 1. The minimum atomic E-state index is 0.585. The molecule has 1 heterocycles. The van der Waals surface area contributed by atoms with Crippen LogP contribution in [-0.4, -0.2) is 0 Å². The number of hydrogen-bond donors (Lipinski definition) is 1. The Labute approximate surface area is 105 Å². The van der Waals surface area contributed by atoms with Gasteiger partial charge in [-0.1, -0.05) is 0 Å². The topological polar surface area (TPSA) is 0 Å². The van der Waals surface area contributed by atoms with Crippen molar-refractivity contribution in [2.24, 2.45) is 0 Å². The number of thiophene rings is 1. The first-order chi connectivity index (χ1) is 6.22. The average molecular weight is 341 g/mol. The van der Waals surface area contributed by atoms with E-state index in [1.807, 2.05) is 0 Å². The molecule has 0 fully saturated rings. The minimum Gasteiger partial charge on any atom is -0.143 e. The maximum Gasteiger partial charge on any atom is 0.0488 e. The molecule has 0 aliphatic rings. The lowest BCUT2D eigenvalue weighted by Gasteiger charge is -1.98. The lowest BCUT2D eigenvalue weighted by molar-refractivity contribution is 1.44. The molecule has 0 nitrogen and oxygen atoms in total. The van der Waals surface area contributed by atoms with Gasteiger partial charge < -0.3 is 0 Å². The molecule has 4 heteroatoms. The molecule has 0 saturated heterocycles. The number of alkyl halides is 1. The number of rotatable bonds is 1. The summed E-state index contributed by atoms with van der Waals surface area (Å²) in [6.45, 7) is 0. The maximum atomic E-state index is 5.82. The molecule has 0 amide bonds. The summed E-state index contributed by atoms with van der Waals surface area (Å²) in [4.78, 5) is 1.04. The number of fused-ring (bicyclic) bond motifs is 1. The van der Waals surface area contributed by atoms with Gasteiger partial charge in [-0.05, 0) is 51.1 Å². The zero-order valence-corrected chi connectivity index (χ0v) is 11.2. The van der Waals surface area contributed by atoms with Crippen LogP contribution in [-0.2, 0) is 5.88 Å². The Morgan fingerprint density at radius 2 is 2.23 bits per heavy atom. The molecule has 2 rings (SSSR count). The summed E-state index contributed by atoms with van der Waals surface area (Å²) in [5.74, 6) is 0.585. The number of benzene rings is 1. The first kappa shape index (κ1) is 10.1. The molecule has 1 aromatic carbocycles. The van der Waals surface area contributed by atoms with Crippen LogP contribution in [0.15, 0.2) is 22.4 Å². The summed E-state index contributed by atoms with van der Waals surface area (Å²) < 4.78 is 2.44. The van der Waals surface area contributed by atoms with Crippen molar-refractivity contribution in [1.82, 2.24) is 0 Å². The second-order valence-corrected chi connectivity index (χ2v) is 5.52. The molecular weight excluding hydrogens is 335 g/mol. The maximum absolute atomic E-state index is 5.82. The highest BCUT2D eigenvalue weighted by atomic mass is 127. The summed E-state index contributed by atoms with van der Waals surface area (Å²) in [5, 5.41) is 3.38. The van der Waals surface area contributed by atoms with E-state index in [4.69, 9.17) is 11.6 Å². The van der Waals surface area contributed by atoms with Crippen LogP contribution in [0, 0.1) is 3.57 Å². The fraction of sp³-hybridized carbons (Fsp3) is 0.111. The van der Waals surface area contributed by atoms with E-state index >= 15 is 0 Å². The van der Waals surface area contributed by atoms with Crippen LogP contribution in [0.4, 0.5) is 0 Å². The number of hydrogen-bond acceptors (Lipinski definition) is 2. The van der Waals surface area contributed by atoms with Crippen LogP contribution < -0.4 is 0 Å². The Kier molecular flexibility index (Phi) is 3.07. The van der Waals surface area contributed by atoms with Crippen LogP contribution in [0.1, 0.15) is 5.56 Å². The average Bonchev–Trinajstić information content (AvgIpc) is 2.48. The highest BCUT2D eigenvalue weighted by molar-refractivity contribution is 14.1.